The Hall–Kier alpha value is -0.660. The first kappa shape index (κ1) is 36.4. The SMILES string of the molecule is CCCCCCCCCCCCCCCCN1C=CN(CCCC)C1CCCCCCCCCCCCCC. The van der Waals surface area contributed by atoms with E-state index in [2.05, 4.69) is 43.0 Å². The van der Waals surface area contributed by atoms with Crippen molar-refractivity contribution in [1.82, 2.24) is 9.80 Å². The molecule has 0 bridgehead atoms. The third-order valence-electron chi connectivity index (χ3n) is 9.07. The summed E-state index contributed by atoms with van der Waals surface area (Å²) in [6.45, 7) is 9.45. The minimum atomic E-state index is 0.640. The lowest BCUT2D eigenvalue weighted by molar-refractivity contribution is 0.136. The second kappa shape index (κ2) is 28.9. The van der Waals surface area contributed by atoms with Crippen LogP contribution in [0.1, 0.15) is 207 Å². The van der Waals surface area contributed by atoms with Crippen molar-refractivity contribution in [3.63, 3.8) is 0 Å². The van der Waals surface area contributed by atoms with E-state index in [1.54, 1.807) is 0 Å². The van der Waals surface area contributed by atoms with Gasteiger partial charge in [-0.1, -0.05) is 181 Å². The lowest BCUT2D eigenvalue weighted by Gasteiger charge is -2.33. The van der Waals surface area contributed by atoms with E-state index in [4.69, 9.17) is 0 Å². The third-order valence-corrected chi connectivity index (χ3v) is 9.07. The quantitative estimate of drug-likeness (QED) is 0.0798. The van der Waals surface area contributed by atoms with E-state index in [0.717, 1.165) is 0 Å². The second-order valence-electron chi connectivity index (χ2n) is 12.9. The molecule has 0 saturated heterocycles. The highest BCUT2D eigenvalue weighted by Gasteiger charge is 2.24. The molecule has 1 unspecified atom stereocenters. The Morgan fingerprint density at radius 2 is 0.615 bits per heavy atom. The van der Waals surface area contributed by atoms with Crippen molar-refractivity contribution in [3.8, 4) is 0 Å². The maximum absolute atomic E-state index is 2.69. The normalized spacial score (nSPS) is 15.2. The molecule has 0 aromatic carbocycles. The van der Waals surface area contributed by atoms with E-state index in [0.29, 0.717) is 6.17 Å². The van der Waals surface area contributed by atoms with Crippen molar-refractivity contribution in [2.75, 3.05) is 13.1 Å². The van der Waals surface area contributed by atoms with Gasteiger partial charge in [-0.05, 0) is 25.7 Å². The zero-order valence-electron chi connectivity index (χ0n) is 27.5. The van der Waals surface area contributed by atoms with E-state index in [-0.39, 0.29) is 0 Å². The van der Waals surface area contributed by atoms with Crippen molar-refractivity contribution in [1.29, 1.82) is 0 Å². The van der Waals surface area contributed by atoms with Gasteiger partial charge in [0, 0.05) is 25.5 Å². The highest BCUT2D eigenvalue weighted by molar-refractivity contribution is 4.96. The summed E-state index contributed by atoms with van der Waals surface area (Å²) in [7, 11) is 0. The molecule has 0 aliphatic carbocycles. The van der Waals surface area contributed by atoms with Crippen LogP contribution < -0.4 is 0 Å². The highest BCUT2D eigenvalue weighted by atomic mass is 15.4. The average molecular weight is 547 g/mol. The van der Waals surface area contributed by atoms with Crippen molar-refractivity contribution in [2.45, 2.75) is 213 Å². The van der Waals surface area contributed by atoms with Crippen molar-refractivity contribution < 1.29 is 0 Å². The van der Waals surface area contributed by atoms with Gasteiger partial charge in [0.15, 0.2) is 0 Å². The molecule has 232 valence electrons. The first-order valence-corrected chi connectivity index (χ1v) is 18.5. The molecule has 1 aliphatic rings. The molecule has 2 heteroatoms. The van der Waals surface area contributed by atoms with Crippen LogP contribution in [0, 0.1) is 0 Å². The van der Waals surface area contributed by atoms with E-state index in [9.17, 15) is 0 Å². The summed E-state index contributed by atoms with van der Waals surface area (Å²) >= 11 is 0. The Morgan fingerprint density at radius 1 is 0.333 bits per heavy atom. The molecular weight excluding hydrogens is 472 g/mol. The Labute approximate surface area is 248 Å². The van der Waals surface area contributed by atoms with Crippen LogP contribution in [0.3, 0.4) is 0 Å². The Balaban J connectivity index is 2.05. The van der Waals surface area contributed by atoms with Gasteiger partial charge in [-0.15, -0.1) is 0 Å². The minimum Gasteiger partial charge on any atom is -0.356 e. The number of unbranched alkanes of at least 4 members (excludes halogenated alkanes) is 25. The first-order valence-electron chi connectivity index (χ1n) is 18.5. The molecule has 0 spiro atoms. The van der Waals surface area contributed by atoms with Gasteiger partial charge in [0.1, 0.15) is 6.17 Å². The van der Waals surface area contributed by atoms with E-state index in [1.165, 1.54) is 199 Å². The fourth-order valence-electron chi connectivity index (χ4n) is 6.34. The van der Waals surface area contributed by atoms with Gasteiger partial charge in [0.25, 0.3) is 0 Å². The fourth-order valence-corrected chi connectivity index (χ4v) is 6.34. The van der Waals surface area contributed by atoms with E-state index >= 15 is 0 Å². The summed E-state index contributed by atoms with van der Waals surface area (Å²) in [5.41, 5.74) is 0. The van der Waals surface area contributed by atoms with Gasteiger partial charge in [0.2, 0.25) is 0 Å². The molecule has 1 aliphatic heterocycles. The molecule has 1 heterocycles. The van der Waals surface area contributed by atoms with Gasteiger partial charge in [-0.25, -0.2) is 0 Å². The lowest BCUT2D eigenvalue weighted by Crippen LogP contribution is -2.39. The van der Waals surface area contributed by atoms with Crippen molar-refractivity contribution in [3.05, 3.63) is 12.4 Å². The predicted octanol–water partition coefficient (Wildman–Crippen LogP) is 12.8. The molecular formula is C37H74N2. The number of hydrogen-bond donors (Lipinski definition) is 0. The van der Waals surface area contributed by atoms with Crippen LogP contribution in [0.4, 0.5) is 0 Å². The summed E-state index contributed by atoms with van der Waals surface area (Å²) in [6, 6.07) is 0. The highest BCUT2D eigenvalue weighted by Crippen LogP contribution is 2.24. The van der Waals surface area contributed by atoms with Crippen LogP contribution in [0.5, 0.6) is 0 Å². The molecule has 0 radical (unpaired) electrons. The smallest absolute Gasteiger partial charge is 0.101 e. The molecule has 0 aromatic rings. The maximum atomic E-state index is 2.69. The van der Waals surface area contributed by atoms with Crippen LogP contribution in [-0.2, 0) is 0 Å². The Kier molecular flexibility index (Phi) is 26.9. The van der Waals surface area contributed by atoms with Crippen LogP contribution in [0.2, 0.25) is 0 Å². The van der Waals surface area contributed by atoms with Crippen molar-refractivity contribution in [2.24, 2.45) is 0 Å². The van der Waals surface area contributed by atoms with E-state index < -0.39 is 0 Å². The van der Waals surface area contributed by atoms with Crippen LogP contribution in [0.15, 0.2) is 12.4 Å². The molecule has 39 heavy (non-hydrogen) atoms. The summed E-state index contributed by atoms with van der Waals surface area (Å²) < 4.78 is 0. The van der Waals surface area contributed by atoms with Crippen molar-refractivity contribution >= 4 is 0 Å². The molecule has 0 aromatic heterocycles. The third kappa shape index (κ3) is 21.7. The molecule has 0 saturated carbocycles. The molecule has 1 atom stereocenters. The van der Waals surface area contributed by atoms with Crippen LogP contribution in [0.25, 0.3) is 0 Å². The van der Waals surface area contributed by atoms with E-state index in [1.807, 2.05) is 0 Å². The lowest BCUT2D eigenvalue weighted by atomic mass is 10.0. The molecule has 0 N–H and O–H groups in total. The fraction of sp³-hybridized carbons (Fsp3) is 0.946. The Bertz CT molecular complexity index is 502. The van der Waals surface area contributed by atoms with Gasteiger partial charge >= 0.3 is 0 Å². The first-order chi connectivity index (χ1) is 19.3. The Morgan fingerprint density at radius 3 is 0.974 bits per heavy atom. The standard InChI is InChI=1S/C37H74N2/c1-4-7-10-12-14-16-18-20-21-23-25-27-29-31-34-39-36-35-38(33-9-6-3)37(39)32-30-28-26-24-22-19-17-15-13-11-8-5-2/h35-37H,4-34H2,1-3H3. The minimum absolute atomic E-state index is 0.640. The number of nitrogens with zero attached hydrogens (tertiary/aromatic N) is 2. The zero-order valence-corrected chi connectivity index (χ0v) is 27.5. The average Bonchev–Trinajstić information content (AvgIpc) is 3.33. The zero-order chi connectivity index (χ0) is 28.1. The number of hydrogen-bond acceptors (Lipinski definition) is 2. The largest absolute Gasteiger partial charge is 0.356 e. The van der Waals surface area contributed by atoms with Gasteiger partial charge in [0.05, 0.1) is 0 Å². The van der Waals surface area contributed by atoms with Crippen LogP contribution in [-0.4, -0.2) is 29.1 Å². The van der Waals surface area contributed by atoms with Gasteiger partial charge in [-0.3, -0.25) is 0 Å². The van der Waals surface area contributed by atoms with Gasteiger partial charge < -0.3 is 9.80 Å². The summed E-state index contributed by atoms with van der Waals surface area (Å²) in [4.78, 5) is 5.35. The molecule has 0 amide bonds. The summed E-state index contributed by atoms with van der Waals surface area (Å²) in [5.74, 6) is 0. The monoisotopic (exact) mass is 547 g/mol. The molecule has 0 fully saturated rings. The van der Waals surface area contributed by atoms with Gasteiger partial charge in [-0.2, -0.15) is 0 Å². The van der Waals surface area contributed by atoms with Crippen LogP contribution >= 0.6 is 0 Å². The maximum Gasteiger partial charge on any atom is 0.101 e. The summed E-state index contributed by atoms with van der Waals surface area (Å²) in [6.07, 6.45) is 47.0. The number of rotatable bonds is 31. The summed E-state index contributed by atoms with van der Waals surface area (Å²) in [5, 5.41) is 0. The topological polar surface area (TPSA) is 6.48 Å². The predicted molar refractivity (Wildman–Crippen MR) is 177 cm³/mol. The second-order valence-corrected chi connectivity index (χ2v) is 12.9. The molecule has 1 rings (SSSR count). The molecule has 2 nitrogen and oxygen atoms in total.